The number of halogens is 7. The molecule has 0 saturated carbocycles. The van der Waals surface area contributed by atoms with Gasteiger partial charge in [0.2, 0.25) is 0 Å². The lowest BCUT2D eigenvalue weighted by Gasteiger charge is -2.41. The molecule has 1 heterocycles. The number of likely N-dealkylation sites (tertiary alicyclic amines) is 1. The van der Waals surface area contributed by atoms with Gasteiger partial charge in [0.15, 0.2) is 0 Å². The van der Waals surface area contributed by atoms with E-state index in [1.807, 2.05) is 0 Å². The van der Waals surface area contributed by atoms with Crippen molar-refractivity contribution in [1.82, 2.24) is 4.90 Å². The van der Waals surface area contributed by atoms with Crippen molar-refractivity contribution >= 4 is 17.7 Å². The average Bonchev–Trinajstić information content (AvgIpc) is 2.75. The van der Waals surface area contributed by atoms with E-state index in [0.29, 0.717) is 42.1 Å². The van der Waals surface area contributed by atoms with E-state index in [-0.39, 0.29) is 11.6 Å². The normalized spacial score (nSPS) is 19.3. The molecule has 0 spiro atoms. The van der Waals surface area contributed by atoms with Crippen molar-refractivity contribution in [1.29, 1.82) is 0 Å². The van der Waals surface area contributed by atoms with E-state index >= 15 is 0 Å². The first-order valence-corrected chi connectivity index (χ1v) is 11.6. The van der Waals surface area contributed by atoms with Gasteiger partial charge in [-0.1, -0.05) is 23.7 Å². The van der Waals surface area contributed by atoms with Crippen LogP contribution in [-0.4, -0.2) is 29.2 Å². The topological polar surface area (TPSA) is 38.8 Å². The van der Waals surface area contributed by atoms with Crippen molar-refractivity contribution in [3.05, 3.63) is 69.7 Å². The molecule has 1 saturated heterocycles. The van der Waals surface area contributed by atoms with Crippen LogP contribution in [0.2, 0.25) is 5.02 Å². The number of carbonyl (C=O) groups is 1. The van der Waals surface area contributed by atoms with Gasteiger partial charge in [-0.25, -0.2) is 4.79 Å². The van der Waals surface area contributed by atoms with E-state index < -0.39 is 53.9 Å². The molecule has 0 N–H and O–H groups in total. The van der Waals surface area contributed by atoms with Crippen molar-refractivity contribution in [3.8, 4) is 0 Å². The van der Waals surface area contributed by atoms with Gasteiger partial charge >= 0.3 is 18.4 Å². The van der Waals surface area contributed by atoms with Gasteiger partial charge in [0.05, 0.1) is 29.9 Å². The van der Waals surface area contributed by atoms with Gasteiger partial charge in [-0.15, -0.1) is 0 Å². The lowest BCUT2D eigenvalue weighted by Crippen LogP contribution is -2.47. The molecule has 2 aromatic rings. The summed E-state index contributed by atoms with van der Waals surface area (Å²) in [5, 5.41) is 0.458. The van der Waals surface area contributed by atoms with E-state index in [4.69, 9.17) is 21.1 Å². The Balaban J connectivity index is 1.92. The highest BCUT2D eigenvalue weighted by Gasteiger charge is 2.39. The highest BCUT2D eigenvalue weighted by molar-refractivity contribution is 6.30. The zero-order valence-corrected chi connectivity index (χ0v) is 20.6. The number of nitrogens with zero attached hydrogens (tertiary/aromatic N) is 1. The summed E-state index contributed by atoms with van der Waals surface area (Å²) in [5.74, 6) is 0. The summed E-state index contributed by atoms with van der Waals surface area (Å²) in [6, 6.07) is 7.30. The standard InChI is InChI=1S/C25H26ClF6NO3/c1-23(2,3)36-22(34)33-10-4-5-20(21(33)16-6-8-19(26)9-7-16)35-14-15-11-17(24(27,28)29)13-18(12-15)25(30,31)32/h6-9,11-13,20-21H,4-5,10,14H2,1-3H3/t20-,21-/m0/s1. The number of alkyl halides is 6. The summed E-state index contributed by atoms with van der Waals surface area (Å²) in [7, 11) is 0. The number of amides is 1. The summed E-state index contributed by atoms with van der Waals surface area (Å²) in [6.45, 7) is 4.97. The third kappa shape index (κ3) is 7.29. The maximum atomic E-state index is 13.2. The Morgan fingerprint density at radius 2 is 1.53 bits per heavy atom. The van der Waals surface area contributed by atoms with E-state index in [1.54, 1.807) is 45.0 Å². The van der Waals surface area contributed by atoms with Crippen molar-refractivity contribution in [2.24, 2.45) is 0 Å². The SMILES string of the molecule is CC(C)(C)OC(=O)N1CCC[C@H](OCc2cc(C(F)(F)F)cc(C(F)(F)F)c2)[C@@H]1c1ccc(Cl)cc1. The Morgan fingerprint density at radius 1 is 0.972 bits per heavy atom. The predicted octanol–water partition coefficient (Wildman–Crippen LogP) is 8.04. The molecule has 36 heavy (non-hydrogen) atoms. The third-order valence-electron chi connectivity index (χ3n) is 5.53. The van der Waals surface area contributed by atoms with Crippen LogP contribution < -0.4 is 0 Å². The fraction of sp³-hybridized carbons (Fsp3) is 0.480. The zero-order chi connectivity index (χ0) is 26.9. The summed E-state index contributed by atoms with van der Waals surface area (Å²) >= 11 is 6.00. The second-order valence-electron chi connectivity index (χ2n) is 9.58. The fourth-order valence-corrected chi connectivity index (χ4v) is 4.15. The lowest BCUT2D eigenvalue weighted by molar-refractivity contribution is -0.143. The molecule has 1 amide bonds. The molecule has 2 atom stereocenters. The van der Waals surface area contributed by atoms with Gasteiger partial charge in [0.1, 0.15) is 5.60 Å². The average molecular weight is 538 g/mol. The number of carbonyl (C=O) groups excluding carboxylic acids is 1. The van der Waals surface area contributed by atoms with Crippen LogP contribution in [0.1, 0.15) is 61.9 Å². The lowest BCUT2D eigenvalue weighted by atomic mass is 9.92. The first-order valence-electron chi connectivity index (χ1n) is 11.2. The Hall–Kier alpha value is -2.46. The van der Waals surface area contributed by atoms with Crippen LogP contribution in [-0.2, 0) is 28.4 Å². The number of hydrogen-bond donors (Lipinski definition) is 0. The molecule has 1 aliphatic heterocycles. The Bertz CT molecular complexity index is 1030. The molecule has 0 aliphatic carbocycles. The molecule has 198 valence electrons. The first-order chi connectivity index (χ1) is 16.5. The largest absolute Gasteiger partial charge is 0.444 e. The Kier molecular flexibility index (Phi) is 8.20. The first kappa shape index (κ1) is 28.1. The van der Waals surface area contributed by atoms with Crippen LogP contribution in [0.4, 0.5) is 31.1 Å². The summed E-state index contributed by atoms with van der Waals surface area (Å²) in [6.07, 6.45) is -10.3. The summed E-state index contributed by atoms with van der Waals surface area (Å²) in [5.41, 5.74) is -3.23. The highest BCUT2D eigenvalue weighted by Crippen LogP contribution is 2.38. The van der Waals surface area contributed by atoms with E-state index in [1.165, 1.54) is 4.90 Å². The quantitative estimate of drug-likeness (QED) is 0.371. The zero-order valence-electron chi connectivity index (χ0n) is 19.8. The minimum absolute atomic E-state index is 0.0743. The second kappa shape index (κ2) is 10.5. The van der Waals surface area contributed by atoms with Crippen LogP contribution in [0.5, 0.6) is 0 Å². The van der Waals surface area contributed by atoms with Gasteiger partial charge in [-0.2, -0.15) is 26.3 Å². The van der Waals surface area contributed by atoms with E-state index in [9.17, 15) is 31.1 Å². The van der Waals surface area contributed by atoms with Crippen molar-refractivity contribution in [2.75, 3.05) is 6.54 Å². The van der Waals surface area contributed by atoms with Crippen LogP contribution in [0, 0.1) is 0 Å². The number of piperidine rings is 1. The van der Waals surface area contributed by atoms with Crippen molar-refractivity contribution < 1.29 is 40.6 Å². The molecular weight excluding hydrogens is 512 g/mol. The summed E-state index contributed by atoms with van der Waals surface area (Å²) < 4.78 is 90.9. The third-order valence-corrected chi connectivity index (χ3v) is 5.78. The smallest absolute Gasteiger partial charge is 0.416 e. The fourth-order valence-electron chi connectivity index (χ4n) is 4.02. The minimum atomic E-state index is -4.96. The highest BCUT2D eigenvalue weighted by atomic mass is 35.5. The minimum Gasteiger partial charge on any atom is -0.444 e. The molecule has 1 aliphatic rings. The molecule has 0 bridgehead atoms. The molecule has 0 aromatic heterocycles. The molecule has 0 unspecified atom stereocenters. The van der Waals surface area contributed by atoms with Gasteiger partial charge in [-0.3, -0.25) is 4.90 Å². The number of benzene rings is 2. The molecule has 4 nitrogen and oxygen atoms in total. The van der Waals surface area contributed by atoms with Crippen LogP contribution in [0.3, 0.4) is 0 Å². The molecule has 2 aromatic carbocycles. The van der Waals surface area contributed by atoms with Crippen LogP contribution in [0.15, 0.2) is 42.5 Å². The maximum absolute atomic E-state index is 13.2. The summed E-state index contributed by atoms with van der Waals surface area (Å²) in [4.78, 5) is 14.4. The molecule has 1 fully saturated rings. The maximum Gasteiger partial charge on any atom is 0.416 e. The predicted molar refractivity (Wildman–Crippen MR) is 121 cm³/mol. The molecule has 0 radical (unpaired) electrons. The van der Waals surface area contributed by atoms with Gasteiger partial charge in [-0.05, 0) is 75.1 Å². The number of hydrogen-bond acceptors (Lipinski definition) is 3. The monoisotopic (exact) mass is 537 g/mol. The van der Waals surface area contributed by atoms with Gasteiger partial charge in [0, 0.05) is 11.6 Å². The van der Waals surface area contributed by atoms with Gasteiger partial charge < -0.3 is 9.47 Å². The van der Waals surface area contributed by atoms with E-state index in [0.717, 1.165) is 0 Å². The van der Waals surface area contributed by atoms with Crippen molar-refractivity contribution in [3.63, 3.8) is 0 Å². The van der Waals surface area contributed by atoms with Gasteiger partial charge in [0.25, 0.3) is 0 Å². The molecular formula is C25H26ClF6NO3. The molecule has 11 heteroatoms. The number of ether oxygens (including phenoxy) is 2. The second-order valence-corrected chi connectivity index (χ2v) is 10.0. The molecule has 3 rings (SSSR count). The van der Waals surface area contributed by atoms with Crippen LogP contribution >= 0.6 is 11.6 Å². The van der Waals surface area contributed by atoms with Crippen molar-refractivity contribution in [2.45, 2.75) is 70.3 Å². The van der Waals surface area contributed by atoms with Crippen LogP contribution in [0.25, 0.3) is 0 Å². The Morgan fingerprint density at radius 3 is 2.03 bits per heavy atom. The Labute approximate surface area is 210 Å². The van der Waals surface area contributed by atoms with E-state index in [2.05, 4.69) is 0 Å². The number of rotatable bonds is 4.